The molecule has 1 aromatic rings. The van der Waals surface area contributed by atoms with Crippen LogP contribution in [-0.2, 0) is 10.0 Å². The van der Waals surface area contributed by atoms with Crippen LogP contribution in [0.25, 0.3) is 0 Å². The van der Waals surface area contributed by atoms with Crippen molar-refractivity contribution in [3.8, 4) is 0 Å². The number of hydrogen-bond acceptors (Lipinski definition) is 5. The average Bonchev–Trinajstić information content (AvgIpc) is 2.23. The molecule has 1 aromatic carbocycles. The predicted octanol–water partition coefficient (Wildman–Crippen LogP) is 0.107. The summed E-state index contributed by atoms with van der Waals surface area (Å²) in [6.07, 6.45) is 1.08. The molecule has 8 heteroatoms. The highest BCUT2D eigenvalue weighted by atomic mass is 32.2. The first-order valence-electron chi connectivity index (χ1n) is 5.93. The van der Waals surface area contributed by atoms with E-state index in [-0.39, 0.29) is 12.1 Å². The SMILES string of the molecule is CC(C)(CNc1c(N)cccc1C(N)=O)NS(C)(=O)=O. The molecule has 6 N–H and O–H groups in total. The van der Waals surface area contributed by atoms with Gasteiger partial charge in [-0.2, -0.15) is 0 Å². The maximum absolute atomic E-state index is 11.3. The number of nitrogens with two attached hydrogens (primary N) is 2. The number of sulfonamides is 1. The van der Waals surface area contributed by atoms with E-state index in [4.69, 9.17) is 11.5 Å². The van der Waals surface area contributed by atoms with Gasteiger partial charge in [0.05, 0.1) is 23.2 Å². The van der Waals surface area contributed by atoms with Crippen molar-refractivity contribution in [2.24, 2.45) is 5.73 Å². The molecule has 0 fully saturated rings. The summed E-state index contributed by atoms with van der Waals surface area (Å²) in [7, 11) is -3.34. The summed E-state index contributed by atoms with van der Waals surface area (Å²) in [5.74, 6) is -0.603. The lowest BCUT2D eigenvalue weighted by Crippen LogP contribution is -2.48. The zero-order chi connectivity index (χ0) is 15.6. The van der Waals surface area contributed by atoms with Gasteiger partial charge < -0.3 is 16.8 Å². The van der Waals surface area contributed by atoms with Gasteiger partial charge in [0, 0.05) is 12.1 Å². The summed E-state index contributed by atoms with van der Waals surface area (Å²) in [5.41, 5.74) is 11.4. The molecule has 0 radical (unpaired) electrons. The van der Waals surface area contributed by atoms with Crippen LogP contribution < -0.4 is 21.5 Å². The Hall–Kier alpha value is -1.80. The number of hydrogen-bond donors (Lipinski definition) is 4. The lowest BCUT2D eigenvalue weighted by atomic mass is 10.1. The third-order valence-corrected chi connectivity index (χ3v) is 3.45. The highest BCUT2D eigenvalue weighted by Crippen LogP contribution is 2.23. The van der Waals surface area contributed by atoms with Gasteiger partial charge in [-0.25, -0.2) is 13.1 Å². The highest BCUT2D eigenvalue weighted by molar-refractivity contribution is 7.88. The number of amides is 1. The standard InChI is InChI=1S/C12H20N4O3S/c1-12(2,16-20(3,18)19)7-15-10-8(11(14)17)5-4-6-9(10)13/h4-6,15-16H,7,13H2,1-3H3,(H2,14,17). The maximum Gasteiger partial charge on any atom is 0.250 e. The van der Waals surface area contributed by atoms with E-state index >= 15 is 0 Å². The number of rotatable bonds is 6. The van der Waals surface area contributed by atoms with Gasteiger partial charge >= 0.3 is 0 Å². The van der Waals surface area contributed by atoms with Gasteiger partial charge in [-0.3, -0.25) is 4.79 Å². The van der Waals surface area contributed by atoms with E-state index in [9.17, 15) is 13.2 Å². The zero-order valence-corrected chi connectivity index (χ0v) is 12.5. The Morgan fingerprint density at radius 1 is 1.35 bits per heavy atom. The van der Waals surface area contributed by atoms with Gasteiger partial charge in [0.25, 0.3) is 5.91 Å². The fraction of sp³-hybridized carbons (Fsp3) is 0.417. The van der Waals surface area contributed by atoms with Gasteiger partial charge in [-0.05, 0) is 26.0 Å². The quantitative estimate of drug-likeness (QED) is 0.554. The van der Waals surface area contributed by atoms with E-state index in [2.05, 4.69) is 10.0 Å². The second-order valence-electron chi connectivity index (χ2n) is 5.25. The third kappa shape index (κ3) is 4.71. The van der Waals surface area contributed by atoms with Crippen LogP contribution in [0.15, 0.2) is 18.2 Å². The molecule has 0 unspecified atom stereocenters. The minimum atomic E-state index is -3.34. The van der Waals surface area contributed by atoms with E-state index in [0.29, 0.717) is 11.4 Å². The van der Waals surface area contributed by atoms with Crippen molar-refractivity contribution in [2.45, 2.75) is 19.4 Å². The Labute approximate surface area is 118 Å². The van der Waals surface area contributed by atoms with Crippen LogP contribution in [0.4, 0.5) is 11.4 Å². The van der Waals surface area contributed by atoms with Crippen molar-refractivity contribution in [2.75, 3.05) is 23.9 Å². The van der Waals surface area contributed by atoms with Crippen molar-refractivity contribution < 1.29 is 13.2 Å². The Balaban J connectivity index is 2.93. The maximum atomic E-state index is 11.3. The predicted molar refractivity (Wildman–Crippen MR) is 79.9 cm³/mol. The van der Waals surface area contributed by atoms with E-state index in [1.165, 1.54) is 0 Å². The molecule has 0 heterocycles. The molecule has 7 nitrogen and oxygen atoms in total. The van der Waals surface area contributed by atoms with Crippen LogP contribution in [0.5, 0.6) is 0 Å². The normalized spacial score (nSPS) is 12.2. The fourth-order valence-corrected chi connectivity index (χ4v) is 2.90. The molecule has 0 aliphatic rings. The van der Waals surface area contributed by atoms with E-state index in [0.717, 1.165) is 6.26 Å². The Bertz CT molecular complexity index is 611. The Morgan fingerprint density at radius 3 is 2.45 bits per heavy atom. The number of carbonyl (C=O) groups is 1. The number of primary amides is 1. The molecule has 1 rings (SSSR count). The average molecular weight is 300 g/mol. The van der Waals surface area contributed by atoms with Crippen molar-refractivity contribution in [3.05, 3.63) is 23.8 Å². The minimum absolute atomic E-state index is 0.245. The van der Waals surface area contributed by atoms with Crippen molar-refractivity contribution in [3.63, 3.8) is 0 Å². The molecule has 112 valence electrons. The molecule has 20 heavy (non-hydrogen) atoms. The number of anilines is 2. The van der Waals surface area contributed by atoms with Crippen LogP contribution in [0.2, 0.25) is 0 Å². The summed E-state index contributed by atoms with van der Waals surface area (Å²) < 4.78 is 25.0. The van der Waals surface area contributed by atoms with Crippen molar-refractivity contribution in [1.82, 2.24) is 4.72 Å². The lowest BCUT2D eigenvalue weighted by molar-refractivity contribution is 0.100. The van der Waals surface area contributed by atoms with Gasteiger partial charge in [0.1, 0.15) is 0 Å². The second kappa shape index (κ2) is 5.68. The first-order valence-corrected chi connectivity index (χ1v) is 7.82. The molecule has 0 saturated carbocycles. The van der Waals surface area contributed by atoms with E-state index < -0.39 is 21.5 Å². The zero-order valence-electron chi connectivity index (χ0n) is 11.7. The first-order chi connectivity index (χ1) is 9.02. The van der Waals surface area contributed by atoms with Crippen molar-refractivity contribution >= 4 is 27.3 Å². The van der Waals surface area contributed by atoms with E-state index in [1.807, 2.05) is 0 Å². The minimum Gasteiger partial charge on any atom is -0.397 e. The van der Waals surface area contributed by atoms with Crippen LogP contribution in [0.1, 0.15) is 24.2 Å². The van der Waals surface area contributed by atoms with Crippen LogP contribution in [0, 0.1) is 0 Å². The van der Waals surface area contributed by atoms with Crippen LogP contribution in [-0.4, -0.2) is 32.7 Å². The lowest BCUT2D eigenvalue weighted by Gasteiger charge is -2.26. The summed E-state index contributed by atoms with van der Waals surface area (Å²) >= 11 is 0. The van der Waals surface area contributed by atoms with Crippen molar-refractivity contribution in [1.29, 1.82) is 0 Å². The van der Waals surface area contributed by atoms with Gasteiger partial charge in [-0.1, -0.05) is 6.07 Å². The second-order valence-corrected chi connectivity index (χ2v) is 6.99. The Morgan fingerprint density at radius 2 is 1.95 bits per heavy atom. The highest BCUT2D eigenvalue weighted by Gasteiger charge is 2.23. The van der Waals surface area contributed by atoms with Gasteiger partial charge in [0.15, 0.2) is 0 Å². The monoisotopic (exact) mass is 300 g/mol. The number of carbonyl (C=O) groups excluding carboxylic acids is 1. The molecular formula is C12H20N4O3S. The molecule has 0 aliphatic heterocycles. The number of para-hydroxylation sites is 1. The van der Waals surface area contributed by atoms with Gasteiger partial charge in [0.2, 0.25) is 10.0 Å². The smallest absolute Gasteiger partial charge is 0.250 e. The van der Waals surface area contributed by atoms with Gasteiger partial charge in [-0.15, -0.1) is 0 Å². The van der Waals surface area contributed by atoms with Crippen LogP contribution >= 0.6 is 0 Å². The topological polar surface area (TPSA) is 127 Å². The third-order valence-electron chi connectivity index (χ3n) is 2.53. The molecular weight excluding hydrogens is 280 g/mol. The van der Waals surface area contributed by atoms with Crippen LogP contribution in [0.3, 0.4) is 0 Å². The molecule has 0 atom stereocenters. The molecule has 0 aliphatic carbocycles. The summed E-state index contributed by atoms with van der Waals surface area (Å²) in [5, 5.41) is 2.97. The largest absolute Gasteiger partial charge is 0.397 e. The fourth-order valence-electron chi connectivity index (χ4n) is 1.82. The summed E-state index contributed by atoms with van der Waals surface area (Å²) in [4.78, 5) is 11.3. The number of nitrogen functional groups attached to an aromatic ring is 1. The molecule has 0 bridgehead atoms. The summed E-state index contributed by atoms with van der Waals surface area (Å²) in [6.45, 7) is 3.67. The number of nitrogens with one attached hydrogen (secondary N) is 2. The first kappa shape index (κ1) is 16.3. The Kier molecular flexibility index (Phi) is 4.61. The molecule has 0 spiro atoms. The number of benzene rings is 1. The molecule has 0 saturated heterocycles. The molecule has 1 amide bonds. The molecule has 0 aromatic heterocycles. The summed E-state index contributed by atoms with van der Waals surface area (Å²) in [6, 6.07) is 4.81. The van der Waals surface area contributed by atoms with E-state index in [1.54, 1.807) is 32.0 Å².